The average molecular weight is 1050 g/mol. The highest BCUT2D eigenvalue weighted by molar-refractivity contribution is 5.67. The molecule has 0 amide bonds. The first-order valence-corrected chi connectivity index (χ1v) is 28.4. The van der Waals surface area contributed by atoms with Crippen molar-refractivity contribution < 1.29 is 45.0 Å². The molecule has 0 bridgehead atoms. The lowest BCUT2D eigenvalue weighted by molar-refractivity contribution is -0.204. The second-order valence-electron chi connectivity index (χ2n) is 17.7. The van der Waals surface area contributed by atoms with Crippen molar-refractivity contribution in [1.29, 1.82) is 0 Å². The fourth-order valence-corrected chi connectivity index (χ4v) is 6.43. The third-order valence-corrected chi connectivity index (χ3v) is 10.6. The smallest absolute Gasteiger partial charge is 0.303 e. The molecule has 5 N–H and O–H groups in total. The minimum atomic E-state index is -0.754. The molecule has 0 aromatic rings. The first-order chi connectivity index (χ1) is 37.1. The van der Waals surface area contributed by atoms with E-state index < -0.39 is 24.0 Å². The van der Waals surface area contributed by atoms with Crippen molar-refractivity contribution in [2.24, 2.45) is 0 Å². The van der Waals surface area contributed by atoms with Gasteiger partial charge < -0.3 is 25.3 Å². The van der Waals surface area contributed by atoms with Gasteiger partial charge in [-0.05, 0) is 134 Å². The van der Waals surface area contributed by atoms with Gasteiger partial charge in [0.25, 0.3) is 0 Å². The summed E-state index contributed by atoms with van der Waals surface area (Å²) >= 11 is 0. The van der Waals surface area contributed by atoms with E-state index in [4.69, 9.17) is 20.6 Å². The Kier molecular flexibility index (Phi) is 65.6. The molecule has 0 saturated carbocycles. The van der Waals surface area contributed by atoms with Crippen LogP contribution in [0, 0.1) is 11.8 Å². The zero-order valence-corrected chi connectivity index (χ0v) is 47.2. The number of allylic oxidation sites excluding steroid dienone is 25. The molecule has 0 aromatic heterocycles. The maximum Gasteiger partial charge on any atom is 0.303 e. The number of carbonyl (C=O) groups is 3. The number of aliphatic hydroxyl groups is 1. The van der Waals surface area contributed by atoms with Crippen LogP contribution in [0.15, 0.2) is 170 Å². The molecule has 0 aliphatic rings. The predicted molar refractivity (Wildman–Crippen MR) is 323 cm³/mol. The first-order valence-electron chi connectivity index (χ1n) is 28.4. The zero-order chi connectivity index (χ0) is 56.3. The van der Waals surface area contributed by atoms with Gasteiger partial charge in [0.2, 0.25) is 0 Å². The standard InChI is InChI=1S/C23H32O2.C22H38O4.C22H32O3/c1-2-3-4-5-6-7-8-9-10-11-12-13-14-15-16-17-18-19-20-21-22-23(24)25;1-2-3-15-18-21(26-25)19-16-13-11-9-7-5-4-6-8-10-12-14-17-20-22(23)24;1-2-3-15-18-21(23)19-16-13-11-9-7-5-4-6-8-10-12-14-17-20-22(24)25/h3-4,6-7,9-10,12-13,15-16H,2,5,8,11,14,17,20-22H2,1H3,(H,24,25);3,6,8,15,19,25H,2,4-5,7,9-14,16-18,20H2,1H3,(H,23,24);3,5-8,11-16,19,21,23H,2,4,9-10,17-18,20H2,1H3,(H,24,25)/b4-3-,7-6-,10-9-,13-12-,16-15-;8-6-,15-3-,21-19+;7-5-,8-6-,13-11-,14-12-,15-3-,19-16+/t;;21-/m..1/s1. The molecule has 0 aromatic carbocycles. The van der Waals surface area contributed by atoms with E-state index in [0.29, 0.717) is 44.3 Å². The van der Waals surface area contributed by atoms with Gasteiger partial charge in [0.15, 0.2) is 0 Å². The van der Waals surface area contributed by atoms with Crippen molar-refractivity contribution in [1.82, 2.24) is 0 Å². The van der Waals surface area contributed by atoms with Crippen LogP contribution in [0.1, 0.15) is 213 Å². The SMILES string of the molecule is CC/C=C\C/C(=C\CCCCCCC/C=C\CCCCCC(=O)O)OO.CC/C=C\C/C=C\C/C=C\C/C=C\C/C=C\CC#CCCCC(=O)O.CC/C=C\C[C@@H](O)/C=C/C=C\C/C=C\C/C=C\C/C=C\CCC(=O)O. The molecular weight excluding hydrogens is 949 g/mol. The highest BCUT2D eigenvalue weighted by Gasteiger charge is 1.98. The van der Waals surface area contributed by atoms with E-state index in [1.54, 1.807) is 6.08 Å². The number of hydrogen-bond donors (Lipinski definition) is 5. The topological polar surface area (TPSA) is 162 Å². The maximum atomic E-state index is 10.4. The van der Waals surface area contributed by atoms with Crippen molar-refractivity contribution in [3.8, 4) is 11.8 Å². The molecule has 0 saturated heterocycles. The van der Waals surface area contributed by atoms with Crippen molar-refractivity contribution in [2.75, 3.05) is 0 Å². The summed E-state index contributed by atoms with van der Waals surface area (Å²) in [7, 11) is 0. The minimum absolute atomic E-state index is 0.195. The highest BCUT2D eigenvalue weighted by Crippen LogP contribution is 2.12. The number of aliphatic carboxylic acids is 3. The molecule has 0 heterocycles. The van der Waals surface area contributed by atoms with Crippen LogP contribution in [-0.4, -0.2) is 49.7 Å². The van der Waals surface area contributed by atoms with Crippen molar-refractivity contribution in [3.63, 3.8) is 0 Å². The lowest BCUT2D eigenvalue weighted by Gasteiger charge is -2.01. The summed E-state index contributed by atoms with van der Waals surface area (Å²) < 4.78 is 0. The van der Waals surface area contributed by atoms with E-state index in [1.165, 1.54) is 25.7 Å². The molecule has 0 radical (unpaired) electrons. The van der Waals surface area contributed by atoms with Gasteiger partial charge in [0.1, 0.15) is 5.76 Å². The quantitative estimate of drug-likeness (QED) is 0.00760. The number of carboxylic acid groups (broad SMARTS) is 3. The Morgan fingerprint density at radius 3 is 1.37 bits per heavy atom. The second-order valence-corrected chi connectivity index (χ2v) is 17.7. The van der Waals surface area contributed by atoms with Crippen LogP contribution in [0.5, 0.6) is 0 Å². The molecule has 424 valence electrons. The van der Waals surface area contributed by atoms with Crippen LogP contribution in [-0.2, 0) is 19.3 Å². The monoisotopic (exact) mass is 1050 g/mol. The normalized spacial score (nSPS) is 12.9. The summed E-state index contributed by atoms with van der Waals surface area (Å²) in [6, 6.07) is 0. The lowest BCUT2D eigenvalue weighted by Crippen LogP contribution is -1.98. The summed E-state index contributed by atoms with van der Waals surface area (Å²) in [5, 5.41) is 44.0. The third kappa shape index (κ3) is 74.6. The summed E-state index contributed by atoms with van der Waals surface area (Å²) in [5.41, 5.74) is 0. The molecule has 76 heavy (non-hydrogen) atoms. The summed E-state index contributed by atoms with van der Waals surface area (Å²) in [4.78, 5) is 35.4. The fourth-order valence-electron chi connectivity index (χ4n) is 6.43. The number of unbranched alkanes of at least 4 members (excludes halogenated alkanes) is 10. The fraction of sp³-hybridized carbons (Fsp3) is 0.507. The summed E-state index contributed by atoms with van der Waals surface area (Å²) in [6.07, 6.45) is 82.3. The van der Waals surface area contributed by atoms with Gasteiger partial charge in [-0.2, -0.15) is 0 Å². The van der Waals surface area contributed by atoms with Gasteiger partial charge in [0, 0.05) is 38.5 Å². The van der Waals surface area contributed by atoms with E-state index in [2.05, 4.69) is 153 Å². The number of carboxylic acids is 3. The van der Waals surface area contributed by atoms with E-state index in [-0.39, 0.29) is 12.8 Å². The van der Waals surface area contributed by atoms with Gasteiger partial charge in [0.05, 0.1) is 6.10 Å². The molecule has 9 nitrogen and oxygen atoms in total. The van der Waals surface area contributed by atoms with Crippen molar-refractivity contribution in [3.05, 3.63) is 170 Å². The highest BCUT2D eigenvalue weighted by atomic mass is 17.1. The molecule has 9 heteroatoms. The number of aliphatic hydroxyl groups excluding tert-OH is 1. The van der Waals surface area contributed by atoms with Crippen LogP contribution in [0.3, 0.4) is 0 Å². The van der Waals surface area contributed by atoms with E-state index in [1.807, 2.05) is 42.5 Å². The van der Waals surface area contributed by atoms with Crippen LogP contribution in [0.25, 0.3) is 0 Å². The Labute approximate surface area is 462 Å². The Hall–Kier alpha value is -5.95. The van der Waals surface area contributed by atoms with Gasteiger partial charge in [-0.1, -0.05) is 210 Å². The van der Waals surface area contributed by atoms with Gasteiger partial charge in [-0.25, -0.2) is 5.26 Å². The Balaban J connectivity index is -0.00000105. The van der Waals surface area contributed by atoms with E-state index in [0.717, 1.165) is 116 Å². The number of rotatable bonds is 45. The van der Waals surface area contributed by atoms with E-state index in [9.17, 15) is 19.5 Å². The van der Waals surface area contributed by atoms with Gasteiger partial charge >= 0.3 is 17.9 Å². The maximum absolute atomic E-state index is 10.4. The molecule has 0 unspecified atom stereocenters. The second kappa shape index (κ2) is 67.1. The average Bonchev–Trinajstić information content (AvgIpc) is 3.40. The molecule has 0 aliphatic carbocycles. The van der Waals surface area contributed by atoms with Crippen molar-refractivity contribution >= 4 is 17.9 Å². The van der Waals surface area contributed by atoms with Crippen LogP contribution in [0.4, 0.5) is 0 Å². The largest absolute Gasteiger partial charge is 0.481 e. The lowest BCUT2D eigenvalue weighted by atomic mass is 10.1. The van der Waals surface area contributed by atoms with Gasteiger partial charge in [-0.3, -0.25) is 14.4 Å². The summed E-state index contributed by atoms with van der Waals surface area (Å²) in [6.45, 7) is 6.31. The van der Waals surface area contributed by atoms with Crippen LogP contribution < -0.4 is 0 Å². The zero-order valence-electron chi connectivity index (χ0n) is 47.2. The van der Waals surface area contributed by atoms with Crippen LogP contribution in [0.2, 0.25) is 0 Å². The van der Waals surface area contributed by atoms with Gasteiger partial charge in [-0.15, -0.1) is 5.92 Å². The predicted octanol–water partition coefficient (Wildman–Crippen LogP) is 18.9. The molecule has 1 atom stereocenters. The molecule has 0 spiro atoms. The first kappa shape index (κ1) is 74.3. The number of hydrogen-bond acceptors (Lipinski definition) is 6. The molecular formula is C67H102O9. The van der Waals surface area contributed by atoms with Crippen molar-refractivity contribution in [2.45, 2.75) is 219 Å². The van der Waals surface area contributed by atoms with E-state index >= 15 is 0 Å². The Bertz CT molecular complexity index is 1850. The third-order valence-electron chi connectivity index (χ3n) is 10.6. The Morgan fingerprint density at radius 2 is 0.842 bits per heavy atom. The Morgan fingerprint density at radius 1 is 0.421 bits per heavy atom. The summed E-state index contributed by atoms with van der Waals surface area (Å²) in [5.74, 6) is 4.46. The molecule has 0 rings (SSSR count). The molecule has 0 aliphatic heterocycles. The van der Waals surface area contributed by atoms with Crippen LogP contribution >= 0.6 is 0 Å². The minimum Gasteiger partial charge on any atom is -0.481 e. The molecule has 0 fully saturated rings.